The van der Waals surface area contributed by atoms with Crippen LogP contribution in [0.3, 0.4) is 0 Å². The molecular weight excluding hydrogens is 251 g/mol. The van der Waals surface area contributed by atoms with Gasteiger partial charge in [-0.3, -0.25) is 4.98 Å². The Morgan fingerprint density at radius 2 is 2.17 bits per heavy atom. The lowest BCUT2D eigenvalue weighted by Gasteiger charge is -2.13. The van der Waals surface area contributed by atoms with E-state index in [0.29, 0.717) is 6.54 Å². The predicted molar refractivity (Wildman–Crippen MR) is 70.9 cm³/mol. The van der Waals surface area contributed by atoms with Gasteiger partial charge in [-0.15, -0.1) is 0 Å². The van der Waals surface area contributed by atoms with Crippen LogP contribution in [0.4, 0.5) is 4.39 Å². The molecule has 2 aromatic rings. The average Bonchev–Trinajstić information content (AvgIpc) is 2.41. The molecule has 2 rings (SSSR count). The first-order valence-electron chi connectivity index (χ1n) is 5.75. The third kappa shape index (κ3) is 3.28. The molecule has 0 saturated carbocycles. The summed E-state index contributed by atoms with van der Waals surface area (Å²) in [4.78, 5) is 4.26. The van der Waals surface area contributed by atoms with Crippen LogP contribution < -0.4 is 5.32 Å². The third-order valence-electron chi connectivity index (χ3n) is 2.73. The van der Waals surface area contributed by atoms with Crippen molar-refractivity contribution in [1.29, 1.82) is 0 Å². The van der Waals surface area contributed by atoms with Gasteiger partial charge in [0.05, 0.1) is 10.7 Å². The van der Waals surface area contributed by atoms with E-state index in [1.807, 2.05) is 31.2 Å². The van der Waals surface area contributed by atoms with E-state index in [9.17, 15) is 4.39 Å². The fourth-order valence-electron chi connectivity index (χ4n) is 1.66. The molecule has 0 radical (unpaired) electrons. The summed E-state index contributed by atoms with van der Waals surface area (Å²) >= 11 is 5.63. The van der Waals surface area contributed by atoms with E-state index >= 15 is 0 Å². The fraction of sp³-hybridized carbons (Fsp3) is 0.214. The Hall–Kier alpha value is -1.45. The van der Waals surface area contributed by atoms with E-state index < -0.39 is 0 Å². The molecule has 0 amide bonds. The van der Waals surface area contributed by atoms with Crippen LogP contribution in [0.15, 0.2) is 42.6 Å². The Labute approximate surface area is 111 Å². The number of aromatic nitrogens is 1. The molecule has 0 spiro atoms. The van der Waals surface area contributed by atoms with E-state index in [0.717, 1.165) is 11.3 Å². The Balaban J connectivity index is 1.97. The molecule has 0 saturated heterocycles. The van der Waals surface area contributed by atoms with Crippen molar-refractivity contribution >= 4 is 11.6 Å². The standard InChI is InChI=1S/C14H14ClFN2/c1-10(14-4-2-3-7-17-14)18-9-11-5-6-12(15)13(16)8-11/h2-8,10,18H,9H2,1H3. The number of benzene rings is 1. The van der Waals surface area contributed by atoms with E-state index in [2.05, 4.69) is 10.3 Å². The predicted octanol–water partition coefficient (Wildman–Crippen LogP) is 3.72. The first-order valence-corrected chi connectivity index (χ1v) is 6.13. The smallest absolute Gasteiger partial charge is 0.142 e. The van der Waals surface area contributed by atoms with Gasteiger partial charge in [0.25, 0.3) is 0 Å². The molecule has 0 bridgehead atoms. The van der Waals surface area contributed by atoms with Crippen molar-refractivity contribution < 1.29 is 4.39 Å². The summed E-state index contributed by atoms with van der Waals surface area (Å²) in [5.41, 5.74) is 1.83. The van der Waals surface area contributed by atoms with Crippen molar-refractivity contribution in [3.8, 4) is 0 Å². The van der Waals surface area contributed by atoms with Crippen molar-refractivity contribution in [2.24, 2.45) is 0 Å². The summed E-state index contributed by atoms with van der Waals surface area (Å²) in [7, 11) is 0. The SMILES string of the molecule is CC(NCc1ccc(Cl)c(F)c1)c1ccccn1. The molecule has 1 aromatic carbocycles. The lowest BCUT2D eigenvalue weighted by atomic mass is 10.1. The van der Waals surface area contributed by atoms with Crippen LogP contribution in [0.1, 0.15) is 24.2 Å². The zero-order valence-corrected chi connectivity index (χ0v) is 10.8. The van der Waals surface area contributed by atoms with Crippen molar-refractivity contribution in [1.82, 2.24) is 10.3 Å². The highest BCUT2D eigenvalue weighted by atomic mass is 35.5. The maximum absolute atomic E-state index is 13.3. The average molecular weight is 265 g/mol. The topological polar surface area (TPSA) is 24.9 Å². The number of hydrogen-bond donors (Lipinski definition) is 1. The van der Waals surface area contributed by atoms with Crippen molar-refractivity contribution in [3.63, 3.8) is 0 Å². The molecule has 0 fully saturated rings. The summed E-state index contributed by atoms with van der Waals surface area (Å²) in [6, 6.07) is 10.7. The van der Waals surface area contributed by atoms with Crippen LogP contribution in [0.2, 0.25) is 5.02 Å². The molecule has 18 heavy (non-hydrogen) atoms. The van der Waals surface area contributed by atoms with Crippen LogP contribution in [0.5, 0.6) is 0 Å². The quantitative estimate of drug-likeness (QED) is 0.910. The molecule has 1 atom stereocenters. The van der Waals surface area contributed by atoms with Gasteiger partial charge in [0, 0.05) is 18.8 Å². The molecule has 0 aliphatic carbocycles. The number of pyridine rings is 1. The van der Waals surface area contributed by atoms with Crippen LogP contribution in [-0.2, 0) is 6.54 Å². The monoisotopic (exact) mass is 264 g/mol. The van der Waals surface area contributed by atoms with Gasteiger partial charge in [0.2, 0.25) is 0 Å². The van der Waals surface area contributed by atoms with Crippen molar-refractivity contribution in [3.05, 3.63) is 64.7 Å². The Kier molecular flexibility index (Phi) is 4.28. The van der Waals surface area contributed by atoms with Gasteiger partial charge < -0.3 is 5.32 Å². The second kappa shape index (κ2) is 5.94. The molecule has 1 unspecified atom stereocenters. The first-order chi connectivity index (χ1) is 8.66. The normalized spacial score (nSPS) is 12.4. The molecule has 0 aliphatic rings. The van der Waals surface area contributed by atoms with Crippen LogP contribution in [-0.4, -0.2) is 4.98 Å². The van der Waals surface area contributed by atoms with Gasteiger partial charge in [-0.05, 0) is 36.8 Å². The highest BCUT2D eigenvalue weighted by Gasteiger charge is 2.06. The van der Waals surface area contributed by atoms with Gasteiger partial charge in [-0.2, -0.15) is 0 Å². The highest BCUT2D eigenvalue weighted by molar-refractivity contribution is 6.30. The maximum Gasteiger partial charge on any atom is 0.142 e. The van der Waals surface area contributed by atoms with Gasteiger partial charge in [-0.25, -0.2) is 4.39 Å². The van der Waals surface area contributed by atoms with Crippen LogP contribution >= 0.6 is 11.6 Å². The molecule has 0 aliphatic heterocycles. The number of nitrogens with one attached hydrogen (secondary N) is 1. The zero-order valence-electron chi connectivity index (χ0n) is 10.0. The van der Waals surface area contributed by atoms with Crippen LogP contribution in [0, 0.1) is 5.82 Å². The van der Waals surface area contributed by atoms with Gasteiger partial charge in [0.1, 0.15) is 5.82 Å². The largest absolute Gasteiger partial charge is 0.305 e. The van der Waals surface area contributed by atoms with Crippen molar-refractivity contribution in [2.75, 3.05) is 0 Å². The van der Waals surface area contributed by atoms with Gasteiger partial charge in [0.15, 0.2) is 0 Å². The minimum absolute atomic E-state index is 0.116. The highest BCUT2D eigenvalue weighted by Crippen LogP contribution is 2.16. The Morgan fingerprint density at radius 3 is 2.83 bits per heavy atom. The number of nitrogens with zero attached hydrogens (tertiary/aromatic N) is 1. The zero-order chi connectivity index (χ0) is 13.0. The van der Waals surface area contributed by atoms with E-state index in [1.165, 1.54) is 6.07 Å². The maximum atomic E-state index is 13.3. The molecule has 2 nitrogen and oxygen atoms in total. The van der Waals surface area contributed by atoms with Crippen molar-refractivity contribution in [2.45, 2.75) is 19.5 Å². The number of rotatable bonds is 4. The number of hydrogen-bond acceptors (Lipinski definition) is 2. The summed E-state index contributed by atoms with van der Waals surface area (Å²) < 4.78 is 13.3. The van der Waals surface area contributed by atoms with E-state index in [1.54, 1.807) is 12.3 Å². The third-order valence-corrected chi connectivity index (χ3v) is 3.03. The number of halogens is 2. The first kappa shape index (κ1) is 13.0. The lowest BCUT2D eigenvalue weighted by Crippen LogP contribution is -2.19. The molecule has 1 aromatic heterocycles. The summed E-state index contributed by atoms with van der Waals surface area (Å²) in [5.74, 6) is -0.388. The summed E-state index contributed by atoms with van der Waals surface area (Å²) in [6.45, 7) is 2.60. The molecule has 1 N–H and O–H groups in total. The second-order valence-corrected chi connectivity index (χ2v) is 4.51. The molecule has 1 heterocycles. The lowest BCUT2D eigenvalue weighted by molar-refractivity contribution is 0.557. The van der Waals surface area contributed by atoms with Crippen LogP contribution in [0.25, 0.3) is 0 Å². The van der Waals surface area contributed by atoms with Gasteiger partial charge >= 0.3 is 0 Å². The minimum atomic E-state index is -0.388. The van der Waals surface area contributed by atoms with Gasteiger partial charge in [-0.1, -0.05) is 23.7 Å². The minimum Gasteiger partial charge on any atom is -0.305 e. The van der Waals surface area contributed by atoms with E-state index in [4.69, 9.17) is 11.6 Å². The second-order valence-electron chi connectivity index (χ2n) is 4.11. The molecular formula is C14H14ClFN2. The summed E-state index contributed by atoms with van der Waals surface area (Å²) in [5, 5.41) is 3.44. The molecule has 4 heteroatoms. The molecule has 94 valence electrons. The fourth-order valence-corrected chi connectivity index (χ4v) is 1.77. The Bertz CT molecular complexity index is 516. The van der Waals surface area contributed by atoms with E-state index in [-0.39, 0.29) is 16.9 Å². The summed E-state index contributed by atoms with van der Waals surface area (Å²) in [6.07, 6.45) is 1.76. The Morgan fingerprint density at radius 1 is 1.33 bits per heavy atom.